The Bertz CT molecular complexity index is 124. The van der Waals surface area contributed by atoms with Crippen LogP contribution in [0.5, 0.6) is 0 Å². The standard InChI is InChI=1S/C12H21S/c1-2-3-4-5-6-7-8-9-10-11-12-13/h1H,3-12H2. The molecule has 0 spiro atoms. The third kappa shape index (κ3) is 11.9. The van der Waals surface area contributed by atoms with Crippen molar-refractivity contribution >= 4 is 12.6 Å². The molecule has 0 amide bonds. The minimum absolute atomic E-state index is 0.933. The Morgan fingerprint density at radius 1 is 0.769 bits per heavy atom. The van der Waals surface area contributed by atoms with Crippen molar-refractivity contribution in [3.05, 3.63) is 0 Å². The number of unbranched alkanes of at least 4 members (excludes halogenated alkanes) is 8. The van der Waals surface area contributed by atoms with Gasteiger partial charge in [-0.3, -0.25) is 0 Å². The highest BCUT2D eigenvalue weighted by atomic mass is 32.1. The Kier molecular flexibility index (Phi) is 11.8. The first kappa shape index (κ1) is 12.9. The van der Waals surface area contributed by atoms with E-state index in [9.17, 15) is 0 Å². The lowest BCUT2D eigenvalue weighted by Crippen LogP contribution is -1.81. The van der Waals surface area contributed by atoms with Gasteiger partial charge in [0.05, 0.1) is 0 Å². The summed E-state index contributed by atoms with van der Waals surface area (Å²) in [5.41, 5.74) is 0. The molecule has 0 aliphatic heterocycles. The first-order chi connectivity index (χ1) is 6.41. The number of hydrogen-bond donors (Lipinski definition) is 0. The molecule has 0 fully saturated rings. The molecule has 0 heterocycles. The van der Waals surface area contributed by atoms with Gasteiger partial charge in [-0.1, -0.05) is 51.2 Å². The Morgan fingerprint density at radius 3 is 1.69 bits per heavy atom. The van der Waals surface area contributed by atoms with Crippen molar-refractivity contribution in [3.8, 4) is 12.3 Å². The van der Waals surface area contributed by atoms with E-state index in [0.29, 0.717) is 0 Å². The normalized spacial score (nSPS) is 9.85. The fraction of sp³-hybridized carbons (Fsp3) is 0.833. The zero-order chi connectivity index (χ0) is 9.78. The smallest absolute Gasteiger partial charge is 0.00860 e. The molecule has 1 heteroatoms. The van der Waals surface area contributed by atoms with E-state index in [4.69, 9.17) is 19.1 Å². The highest BCUT2D eigenvalue weighted by Gasteiger charge is 1.90. The molecule has 0 aliphatic carbocycles. The summed E-state index contributed by atoms with van der Waals surface area (Å²) in [5.74, 6) is 3.61. The summed E-state index contributed by atoms with van der Waals surface area (Å²) in [6.07, 6.45) is 16.7. The summed E-state index contributed by atoms with van der Waals surface area (Å²) in [6.45, 7) is 0. The van der Waals surface area contributed by atoms with Crippen LogP contribution in [0.4, 0.5) is 0 Å². The van der Waals surface area contributed by atoms with Crippen molar-refractivity contribution in [2.75, 3.05) is 5.75 Å². The van der Waals surface area contributed by atoms with Crippen LogP contribution in [0, 0.1) is 12.3 Å². The van der Waals surface area contributed by atoms with Crippen LogP contribution in [0.15, 0.2) is 0 Å². The number of rotatable bonds is 9. The topological polar surface area (TPSA) is 0 Å². The van der Waals surface area contributed by atoms with Gasteiger partial charge in [0.2, 0.25) is 0 Å². The van der Waals surface area contributed by atoms with Crippen molar-refractivity contribution in [3.63, 3.8) is 0 Å². The summed E-state index contributed by atoms with van der Waals surface area (Å²) in [4.78, 5) is 0. The van der Waals surface area contributed by atoms with Gasteiger partial charge in [-0.05, 0) is 12.8 Å². The van der Waals surface area contributed by atoms with E-state index in [1.807, 2.05) is 0 Å². The molecule has 0 aromatic carbocycles. The summed E-state index contributed by atoms with van der Waals surface area (Å²) in [6, 6.07) is 0. The quantitative estimate of drug-likeness (QED) is 0.381. The second-order valence-corrected chi connectivity index (χ2v) is 3.89. The molecule has 0 atom stereocenters. The average Bonchev–Trinajstić information content (AvgIpc) is 2.16. The van der Waals surface area contributed by atoms with Crippen molar-refractivity contribution in [1.82, 2.24) is 0 Å². The second kappa shape index (κ2) is 11.9. The molecule has 0 aliphatic rings. The van der Waals surface area contributed by atoms with Gasteiger partial charge in [0, 0.05) is 12.2 Å². The average molecular weight is 197 g/mol. The van der Waals surface area contributed by atoms with E-state index < -0.39 is 0 Å². The van der Waals surface area contributed by atoms with Crippen LogP contribution in [0.3, 0.4) is 0 Å². The molecule has 13 heavy (non-hydrogen) atoms. The van der Waals surface area contributed by atoms with E-state index >= 15 is 0 Å². The highest BCUT2D eigenvalue weighted by molar-refractivity contribution is 7.80. The predicted molar refractivity (Wildman–Crippen MR) is 62.8 cm³/mol. The molecule has 0 bridgehead atoms. The molecule has 0 N–H and O–H groups in total. The zero-order valence-electron chi connectivity index (χ0n) is 8.56. The van der Waals surface area contributed by atoms with Gasteiger partial charge in [-0.15, -0.1) is 12.3 Å². The molecule has 0 unspecified atom stereocenters. The summed E-state index contributed by atoms with van der Waals surface area (Å²) in [7, 11) is 0. The van der Waals surface area contributed by atoms with E-state index in [1.54, 1.807) is 0 Å². The third-order valence-corrected chi connectivity index (χ3v) is 2.50. The Labute approximate surface area is 88.9 Å². The summed E-state index contributed by atoms with van der Waals surface area (Å²) in [5, 5.41) is 0. The molecule has 0 saturated carbocycles. The van der Waals surface area contributed by atoms with Gasteiger partial charge in [-0.25, -0.2) is 0 Å². The molecule has 0 aromatic heterocycles. The van der Waals surface area contributed by atoms with Crippen molar-refractivity contribution < 1.29 is 0 Å². The minimum Gasteiger partial charge on any atom is -0.120 e. The van der Waals surface area contributed by atoms with Crippen LogP contribution in [0.2, 0.25) is 0 Å². The fourth-order valence-electron chi connectivity index (χ4n) is 1.39. The highest BCUT2D eigenvalue weighted by Crippen LogP contribution is 2.09. The van der Waals surface area contributed by atoms with Crippen LogP contribution in [0.1, 0.15) is 57.8 Å². The SMILES string of the molecule is C#CCCCCCCCCCC[S]. The summed E-state index contributed by atoms with van der Waals surface area (Å²) >= 11 is 4.88. The molecular weight excluding hydrogens is 176 g/mol. The van der Waals surface area contributed by atoms with Crippen LogP contribution in [-0.4, -0.2) is 5.75 Å². The maximum Gasteiger partial charge on any atom is 0.00860 e. The Morgan fingerprint density at radius 2 is 1.23 bits per heavy atom. The summed E-state index contributed by atoms with van der Waals surface area (Å²) < 4.78 is 0. The van der Waals surface area contributed by atoms with Gasteiger partial charge in [-0.2, -0.15) is 0 Å². The molecule has 0 rings (SSSR count). The van der Waals surface area contributed by atoms with Gasteiger partial charge in [0.15, 0.2) is 0 Å². The van der Waals surface area contributed by atoms with E-state index in [2.05, 4.69) is 5.92 Å². The molecule has 75 valence electrons. The molecular formula is C12H21S. The lowest BCUT2D eigenvalue weighted by Gasteiger charge is -1.99. The van der Waals surface area contributed by atoms with Gasteiger partial charge in [0.1, 0.15) is 0 Å². The van der Waals surface area contributed by atoms with Gasteiger partial charge in [0.25, 0.3) is 0 Å². The number of terminal acetylenes is 1. The first-order valence-corrected chi connectivity index (χ1v) is 6.01. The molecule has 0 nitrogen and oxygen atoms in total. The Hall–Kier alpha value is -0.0900. The van der Waals surface area contributed by atoms with Crippen molar-refractivity contribution in [1.29, 1.82) is 0 Å². The lowest BCUT2D eigenvalue weighted by atomic mass is 10.1. The van der Waals surface area contributed by atoms with Crippen LogP contribution >= 0.6 is 12.6 Å². The first-order valence-electron chi connectivity index (χ1n) is 5.43. The zero-order valence-corrected chi connectivity index (χ0v) is 9.37. The number of hydrogen-bond acceptors (Lipinski definition) is 0. The predicted octanol–water partition coefficient (Wildman–Crippen LogP) is 4.33. The van der Waals surface area contributed by atoms with Crippen LogP contribution in [-0.2, 0) is 0 Å². The van der Waals surface area contributed by atoms with Crippen molar-refractivity contribution in [2.45, 2.75) is 57.8 Å². The van der Waals surface area contributed by atoms with Gasteiger partial charge >= 0.3 is 0 Å². The molecule has 1 radical (unpaired) electrons. The van der Waals surface area contributed by atoms with E-state index in [-0.39, 0.29) is 0 Å². The lowest BCUT2D eigenvalue weighted by molar-refractivity contribution is 0.580. The van der Waals surface area contributed by atoms with E-state index in [0.717, 1.165) is 12.2 Å². The maximum absolute atomic E-state index is 5.16. The van der Waals surface area contributed by atoms with Crippen LogP contribution < -0.4 is 0 Å². The molecule has 0 aromatic rings. The van der Waals surface area contributed by atoms with Crippen molar-refractivity contribution in [2.24, 2.45) is 0 Å². The third-order valence-electron chi connectivity index (χ3n) is 2.22. The monoisotopic (exact) mass is 197 g/mol. The second-order valence-electron chi connectivity index (χ2n) is 3.49. The van der Waals surface area contributed by atoms with E-state index in [1.165, 1.54) is 51.4 Å². The Balaban J connectivity index is 2.80. The largest absolute Gasteiger partial charge is 0.120 e. The fourth-order valence-corrected chi connectivity index (χ4v) is 1.59. The molecule has 0 saturated heterocycles. The maximum atomic E-state index is 5.16. The minimum atomic E-state index is 0.933. The van der Waals surface area contributed by atoms with Gasteiger partial charge < -0.3 is 0 Å². The van der Waals surface area contributed by atoms with Crippen LogP contribution in [0.25, 0.3) is 0 Å².